The molecule has 3 N–H and O–H groups in total. The second-order valence-corrected chi connectivity index (χ2v) is 7.70. The second kappa shape index (κ2) is 9.80. The Bertz CT molecular complexity index is 1170. The highest BCUT2D eigenvalue weighted by atomic mass is 35.5. The monoisotopic (exact) mass is 471 g/mol. The molecule has 1 heterocycles. The normalized spacial score (nSPS) is 11.7. The van der Waals surface area contributed by atoms with Gasteiger partial charge in [0.25, 0.3) is 5.91 Å². The second-order valence-electron chi connectivity index (χ2n) is 6.92. The lowest BCUT2D eigenvalue weighted by Gasteiger charge is -2.13. The van der Waals surface area contributed by atoms with Crippen molar-refractivity contribution >= 4 is 46.4 Å². The van der Waals surface area contributed by atoms with Gasteiger partial charge in [0.05, 0.1) is 27.8 Å². The number of para-hydroxylation sites is 1. The van der Waals surface area contributed by atoms with Gasteiger partial charge in [0, 0.05) is 12.2 Å². The Morgan fingerprint density at radius 1 is 0.906 bits per heavy atom. The number of hydrogen-bond acceptors (Lipinski definition) is 5. The Balaban J connectivity index is 1.36. The standard InChI is InChI=1S/C23H19Cl2N3O4/c24-16-5-3-7-18(22(16)25)28-21(29)12-26-17-6-2-1-4-15(17)23(30)27-11-14-8-9-19-20(10-14)32-13-31-19/h1-10,26H,11-13H2,(H,27,30)(H,28,29). The number of hydrogen-bond donors (Lipinski definition) is 3. The molecular weight excluding hydrogens is 453 g/mol. The summed E-state index contributed by atoms with van der Waals surface area (Å²) < 4.78 is 10.7. The maximum atomic E-state index is 12.8. The number of fused-ring (bicyclic) bond motifs is 1. The molecule has 3 aromatic carbocycles. The van der Waals surface area contributed by atoms with E-state index in [0.29, 0.717) is 40.0 Å². The van der Waals surface area contributed by atoms with Gasteiger partial charge < -0.3 is 25.4 Å². The predicted molar refractivity (Wildman–Crippen MR) is 124 cm³/mol. The molecule has 4 rings (SSSR count). The Labute approximate surface area is 194 Å². The minimum absolute atomic E-state index is 0.0602. The van der Waals surface area contributed by atoms with E-state index in [9.17, 15) is 9.59 Å². The van der Waals surface area contributed by atoms with Gasteiger partial charge in [-0.15, -0.1) is 0 Å². The summed E-state index contributed by atoms with van der Waals surface area (Å²) in [6, 6.07) is 17.4. The lowest BCUT2D eigenvalue weighted by molar-refractivity contribution is -0.114. The van der Waals surface area contributed by atoms with Crippen molar-refractivity contribution in [3.8, 4) is 11.5 Å². The number of halogens is 2. The fourth-order valence-electron chi connectivity index (χ4n) is 3.13. The summed E-state index contributed by atoms with van der Waals surface area (Å²) in [4.78, 5) is 25.1. The molecular formula is C23H19Cl2N3O4. The first-order valence-corrected chi connectivity index (χ1v) is 10.5. The average Bonchev–Trinajstić information content (AvgIpc) is 3.27. The van der Waals surface area contributed by atoms with Crippen LogP contribution in [0.1, 0.15) is 15.9 Å². The van der Waals surface area contributed by atoms with E-state index in [1.165, 1.54) is 0 Å². The number of carbonyl (C=O) groups is 2. The molecule has 0 unspecified atom stereocenters. The third kappa shape index (κ3) is 5.07. The van der Waals surface area contributed by atoms with Gasteiger partial charge in [-0.2, -0.15) is 0 Å². The zero-order chi connectivity index (χ0) is 22.5. The van der Waals surface area contributed by atoms with E-state index < -0.39 is 0 Å². The Hall–Kier alpha value is -3.42. The molecule has 0 aromatic heterocycles. The van der Waals surface area contributed by atoms with Crippen LogP contribution in [-0.2, 0) is 11.3 Å². The fourth-order valence-corrected chi connectivity index (χ4v) is 3.48. The topological polar surface area (TPSA) is 88.7 Å². The molecule has 0 saturated carbocycles. The van der Waals surface area contributed by atoms with Crippen LogP contribution in [0.5, 0.6) is 11.5 Å². The van der Waals surface area contributed by atoms with Crippen LogP contribution in [0.4, 0.5) is 11.4 Å². The van der Waals surface area contributed by atoms with Crippen LogP contribution >= 0.6 is 23.2 Å². The first kappa shape index (κ1) is 21.8. The zero-order valence-electron chi connectivity index (χ0n) is 16.8. The van der Waals surface area contributed by atoms with Crippen molar-refractivity contribution in [2.24, 2.45) is 0 Å². The van der Waals surface area contributed by atoms with Gasteiger partial charge in [0.15, 0.2) is 11.5 Å². The number of amides is 2. The van der Waals surface area contributed by atoms with E-state index in [1.54, 1.807) is 42.5 Å². The molecule has 0 radical (unpaired) electrons. The van der Waals surface area contributed by atoms with Crippen LogP contribution in [0.15, 0.2) is 60.7 Å². The van der Waals surface area contributed by atoms with E-state index in [2.05, 4.69) is 16.0 Å². The molecule has 2 amide bonds. The quantitative estimate of drug-likeness (QED) is 0.464. The minimum atomic E-state index is -0.329. The highest BCUT2D eigenvalue weighted by Crippen LogP contribution is 2.32. The number of rotatable bonds is 7. The van der Waals surface area contributed by atoms with Crippen LogP contribution in [0, 0.1) is 0 Å². The lowest BCUT2D eigenvalue weighted by atomic mass is 10.1. The minimum Gasteiger partial charge on any atom is -0.454 e. The largest absolute Gasteiger partial charge is 0.454 e. The van der Waals surface area contributed by atoms with Crippen molar-refractivity contribution in [2.75, 3.05) is 24.0 Å². The Kier molecular flexibility index (Phi) is 6.68. The van der Waals surface area contributed by atoms with Gasteiger partial charge in [0.1, 0.15) is 0 Å². The summed E-state index contributed by atoms with van der Waals surface area (Å²) in [5.41, 5.74) is 2.25. The molecule has 9 heteroatoms. The summed E-state index contributed by atoms with van der Waals surface area (Å²) in [7, 11) is 0. The summed E-state index contributed by atoms with van der Waals surface area (Å²) in [5.74, 6) is 0.741. The number of carbonyl (C=O) groups excluding carboxylic acids is 2. The molecule has 0 spiro atoms. The molecule has 0 saturated heterocycles. The Morgan fingerprint density at radius 2 is 1.69 bits per heavy atom. The van der Waals surface area contributed by atoms with Gasteiger partial charge in [-0.05, 0) is 42.0 Å². The van der Waals surface area contributed by atoms with E-state index in [-0.39, 0.29) is 30.2 Å². The molecule has 0 bridgehead atoms. The smallest absolute Gasteiger partial charge is 0.253 e. The molecule has 0 atom stereocenters. The zero-order valence-corrected chi connectivity index (χ0v) is 18.3. The molecule has 1 aliphatic rings. The van der Waals surface area contributed by atoms with Crippen LogP contribution in [0.2, 0.25) is 10.0 Å². The lowest BCUT2D eigenvalue weighted by Crippen LogP contribution is -2.26. The third-order valence-electron chi connectivity index (χ3n) is 4.73. The van der Waals surface area contributed by atoms with Gasteiger partial charge in [-0.1, -0.05) is 47.5 Å². The maximum Gasteiger partial charge on any atom is 0.253 e. The van der Waals surface area contributed by atoms with Gasteiger partial charge in [-0.25, -0.2) is 0 Å². The van der Waals surface area contributed by atoms with Crippen LogP contribution in [-0.4, -0.2) is 25.2 Å². The van der Waals surface area contributed by atoms with E-state index in [0.717, 1.165) is 5.56 Å². The van der Waals surface area contributed by atoms with Crippen LogP contribution in [0.3, 0.4) is 0 Å². The molecule has 1 aliphatic heterocycles. The summed E-state index contributed by atoms with van der Waals surface area (Å²) in [6.45, 7) is 0.453. The highest BCUT2D eigenvalue weighted by Gasteiger charge is 2.15. The third-order valence-corrected chi connectivity index (χ3v) is 5.55. The SMILES string of the molecule is O=C(CNc1ccccc1C(=O)NCc1ccc2c(c1)OCO2)Nc1cccc(Cl)c1Cl. The van der Waals surface area contributed by atoms with Crippen LogP contribution in [0.25, 0.3) is 0 Å². The van der Waals surface area contributed by atoms with E-state index >= 15 is 0 Å². The number of ether oxygens (including phenoxy) is 2. The molecule has 0 aliphatic carbocycles. The predicted octanol–water partition coefficient (Wildman–Crippen LogP) is 4.70. The summed E-state index contributed by atoms with van der Waals surface area (Å²) in [5, 5.41) is 9.19. The first-order chi connectivity index (χ1) is 15.5. The van der Waals surface area contributed by atoms with Crippen molar-refractivity contribution < 1.29 is 19.1 Å². The van der Waals surface area contributed by atoms with Gasteiger partial charge >= 0.3 is 0 Å². The number of nitrogens with one attached hydrogen (secondary N) is 3. The maximum absolute atomic E-state index is 12.8. The van der Waals surface area contributed by atoms with Crippen molar-refractivity contribution in [2.45, 2.75) is 6.54 Å². The number of anilines is 2. The molecule has 164 valence electrons. The molecule has 0 fully saturated rings. The number of benzene rings is 3. The van der Waals surface area contributed by atoms with Crippen molar-refractivity contribution in [1.82, 2.24) is 5.32 Å². The Morgan fingerprint density at radius 3 is 2.56 bits per heavy atom. The van der Waals surface area contributed by atoms with Crippen molar-refractivity contribution in [3.05, 3.63) is 81.8 Å². The van der Waals surface area contributed by atoms with E-state index in [1.807, 2.05) is 18.2 Å². The molecule has 3 aromatic rings. The van der Waals surface area contributed by atoms with Crippen LogP contribution < -0.4 is 25.4 Å². The van der Waals surface area contributed by atoms with Crippen molar-refractivity contribution in [3.63, 3.8) is 0 Å². The fraction of sp³-hybridized carbons (Fsp3) is 0.130. The molecule has 7 nitrogen and oxygen atoms in total. The molecule has 32 heavy (non-hydrogen) atoms. The first-order valence-electron chi connectivity index (χ1n) is 9.75. The summed E-state index contributed by atoms with van der Waals surface area (Å²) >= 11 is 12.1. The van der Waals surface area contributed by atoms with Gasteiger partial charge in [-0.3, -0.25) is 9.59 Å². The summed E-state index contributed by atoms with van der Waals surface area (Å²) in [6.07, 6.45) is 0. The highest BCUT2D eigenvalue weighted by molar-refractivity contribution is 6.44. The van der Waals surface area contributed by atoms with Gasteiger partial charge in [0.2, 0.25) is 12.7 Å². The van der Waals surface area contributed by atoms with E-state index in [4.69, 9.17) is 32.7 Å². The van der Waals surface area contributed by atoms with Crippen molar-refractivity contribution in [1.29, 1.82) is 0 Å². The average molecular weight is 472 g/mol.